The summed E-state index contributed by atoms with van der Waals surface area (Å²) in [6.07, 6.45) is 0. The van der Waals surface area contributed by atoms with Gasteiger partial charge < -0.3 is 14.7 Å². The zero-order valence-electron chi connectivity index (χ0n) is 13.2. The van der Waals surface area contributed by atoms with Gasteiger partial charge in [0.25, 0.3) is 0 Å². The highest BCUT2D eigenvalue weighted by Crippen LogP contribution is 2.32. The monoisotopic (exact) mass is 293 g/mol. The number of ether oxygens (including phenoxy) is 1. The van der Waals surface area contributed by atoms with E-state index in [4.69, 9.17) is 4.74 Å². The predicted octanol–water partition coefficient (Wildman–Crippen LogP) is 2.64. The molecule has 0 aromatic heterocycles. The van der Waals surface area contributed by atoms with E-state index < -0.39 is 11.5 Å². The normalized spacial score (nSPS) is 13.6. The molecule has 1 atom stereocenters. The molecule has 21 heavy (non-hydrogen) atoms. The predicted molar refractivity (Wildman–Crippen MR) is 80.3 cm³/mol. The fraction of sp³-hybridized carbons (Fsp3) is 0.500. The second kappa shape index (κ2) is 6.61. The van der Waals surface area contributed by atoms with Gasteiger partial charge in [0.15, 0.2) is 5.54 Å². The number of hydrogen-bond donors (Lipinski definition) is 1. The van der Waals surface area contributed by atoms with Gasteiger partial charge in [0.1, 0.15) is 5.75 Å². The van der Waals surface area contributed by atoms with Gasteiger partial charge in [0.05, 0.1) is 6.61 Å². The second-order valence-electron chi connectivity index (χ2n) is 5.32. The van der Waals surface area contributed by atoms with E-state index in [1.165, 1.54) is 11.8 Å². The number of benzene rings is 1. The van der Waals surface area contributed by atoms with Crippen LogP contribution in [0.25, 0.3) is 0 Å². The largest absolute Gasteiger partial charge is 0.494 e. The second-order valence-corrected chi connectivity index (χ2v) is 5.32. The Balaban J connectivity index is 3.33. The number of nitrogens with zero attached hydrogens (tertiary/aromatic N) is 1. The molecule has 0 heterocycles. The van der Waals surface area contributed by atoms with Crippen molar-refractivity contribution in [1.82, 2.24) is 4.90 Å². The lowest BCUT2D eigenvalue weighted by molar-refractivity contribution is -0.160. The molecule has 0 aliphatic heterocycles. The number of amides is 1. The van der Waals surface area contributed by atoms with Crippen LogP contribution >= 0.6 is 0 Å². The molecule has 5 nitrogen and oxygen atoms in total. The van der Waals surface area contributed by atoms with Gasteiger partial charge in [-0.2, -0.15) is 0 Å². The Kier molecular flexibility index (Phi) is 5.35. The van der Waals surface area contributed by atoms with E-state index in [2.05, 4.69) is 0 Å². The molecule has 0 bridgehead atoms. The van der Waals surface area contributed by atoms with Crippen LogP contribution in [0.1, 0.15) is 40.2 Å². The summed E-state index contributed by atoms with van der Waals surface area (Å²) in [5.41, 5.74) is -0.868. The zero-order valence-corrected chi connectivity index (χ0v) is 13.2. The topological polar surface area (TPSA) is 66.8 Å². The molecule has 0 radical (unpaired) electrons. The van der Waals surface area contributed by atoms with Gasteiger partial charge in [-0.1, -0.05) is 12.1 Å². The number of aliphatic carboxylic acids is 1. The van der Waals surface area contributed by atoms with Crippen molar-refractivity contribution in [2.75, 3.05) is 6.61 Å². The summed E-state index contributed by atoms with van der Waals surface area (Å²) < 4.78 is 5.36. The van der Waals surface area contributed by atoms with Gasteiger partial charge in [-0.25, -0.2) is 4.79 Å². The SMILES string of the molecule is CCOc1ccc(C(C)(C(=O)O)N(C(C)=O)C(C)C)cc1. The molecule has 116 valence electrons. The maximum absolute atomic E-state index is 11.9. The third kappa shape index (κ3) is 3.35. The summed E-state index contributed by atoms with van der Waals surface area (Å²) >= 11 is 0. The van der Waals surface area contributed by atoms with E-state index in [-0.39, 0.29) is 11.9 Å². The van der Waals surface area contributed by atoms with E-state index >= 15 is 0 Å². The van der Waals surface area contributed by atoms with Gasteiger partial charge in [-0.05, 0) is 45.4 Å². The Bertz CT molecular complexity index is 510. The van der Waals surface area contributed by atoms with E-state index in [0.717, 1.165) is 0 Å². The highest BCUT2D eigenvalue weighted by molar-refractivity contribution is 5.87. The maximum Gasteiger partial charge on any atom is 0.334 e. The molecule has 0 aliphatic rings. The van der Waals surface area contributed by atoms with E-state index in [9.17, 15) is 14.7 Å². The minimum atomic E-state index is -1.41. The van der Waals surface area contributed by atoms with Crippen molar-refractivity contribution in [3.63, 3.8) is 0 Å². The first-order valence-corrected chi connectivity index (χ1v) is 7.01. The molecule has 0 aliphatic carbocycles. The molecule has 1 aromatic rings. The number of carboxylic acid groups (broad SMARTS) is 1. The number of hydrogen-bond acceptors (Lipinski definition) is 3. The highest BCUT2D eigenvalue weighted by Gasteiger charge is 2.44. The molecule has 1 N–H and O–H groups in total. The van der Waals surface area contributed by atoms with Crippen molar-refractivity contribution in [2.45, 2.75) is 46.2 Å². The van der Waals surface area contributed by atoms with Gasteiger partial charge >= 0.3 is 5.97 Å². The molecule has 1 unspecified atom stereocenters. The van der Waals surface area contributed by atoms with Gasteiger partial charge in [-0.15, -0.1) is 0 Å². The number of carboxylic acids is 1. The molecule has 0 saturated carbocycles. The van der Waals surface area contributed by atoms with Crippen molar-refractivity contribution < 1.29 is 19.4 Å². The average molecular weight is 293 g/mol. The van der Waals surface area contributed by atoms with Gasteiger partial charge in [0.2, 0.25) is 5.91 Å². The molecular formula is C16H23NO4. The van der Waals surface area contributed by atoms with E-state index in [1.54, 1.807) is 45.0 Å². The van der Waals surface area contributed by atoms with Crippen LogP contribution in [0.3, 0.4) is 0 Å². The molecule has 0 fully saturated rings. The Morgan fingerprint density at radius 2 is 1.81 bits per heavy atom. The third-order valence-electron chi connectivity index (χ3n) is 3.48. The van der Waals surface area contributed by atoms with Crippen LogP contribution < -0.4 is 4.74 Å². The third-order valence-corrected chi connectivity index (χ3v) is 3.48. The summed E-state index contributed by atoms with van der Waals surface area (Å²) in [5.74, 6) is -0.660. The van der Waals surface area contributed by atoms with Crippen LogP contribution in [0, 0.1) is 0 Å². The molecular weight excluding hydrogens is 270 g/mol. The Morgan fingerprint density at radius 3 is 2.14 bits per heavy atom. The van der Waals surface area contributed by atoms with Crippen molar-refractivity contribution in [1.29, 1.82) is 0 Å². The summed E-state index contributed by atoms with van der Waals surface area (Å²) in [7, 11) is 0. The minimum absolute atomic E-state index is 0.227. The number of carbonyl (C=O) groups is 2. The number of rotatable bonds is 6. The zero-order chi connectivity index (χ0) is 16.2. The smallest absolute Gasteiger partial charge is 0.334 e. The quantitative estimate of drug-likeness (QED) is 0.875. The van der Waals surface area contributed by atoms with Crippen molar-refractivity contribution >= 4 is 11.9 Å². The van der Waals surface area contributed by atoms with Crippen LogP contribution in [-0.4, -0.2) is 34.5 Å². The summed E-state index contributed by atoms with van der Waals surface area (Å²) in [6.45, 7) is 8.96. The summed E-state index contributed by atoms with van der Waals surface area (Å²) in [6, 6.07) is 6.60. The standard InChI is InChI=1S/C16H23NO4/c1-6-21-14-9-7-13(8-10-14)16(5,15(19)20)17(11(2)3)12(4)18/h7-11H,6H2,1-5H3,(H,19,20). The lowest BCUT2D eigenvalue weighted by atomic mass is 9.88. The molecule has 1 amide bonds. The van der Waals surface area contributed by atoms with Crippen LogP contribution in [-0.2, 0) is 15.1 Å². The van der Waals surface area contributed by atoms with Crippen molar-refractivity contribution in [2.24, 2.45) is 0 Å². The molecule has 5 heteroatoms. The van der Waals surface area contributed by atoms with E-state index in [1.807, 2.05) is 6.92 Å². The first-order valence-electron chi connectivity index (χ1n) is 7.01. The van der Waals surface area contributed by atoms with Gasteiger partial charge in [0, 0.05) is 13.0 Å². The summed E-state index contributed by atoms with van der Waals surface area (Å²) in [4.78, 5) is 25.2. The molecule has 0 spiro atoms. The Morgan fingerprint density at radius 1 is 1.29 bits per heavy atom. The van der Waals surface area contributed by atoms with Crippen molar-refractivity contribution in [3.8, 4) is 5.75 Å². The average Bonchev–Trinajstić information content (AvgIpc) is 2.38. The lowest BCUT2D eigenvalue weighted by Gasteiger charge is -2.40. The van der Waals surface area contributed by atoms with Crippen LogP contribution in [0.5, 0.6) is 5.75 Å². The molecule has 0 saturated heterocycles. The van der Waals surface area contributed by atoms with Crippen LogP contribution in [0.2, 0.25) is 0 Å². The van der Waals surface area contributed by atoms with Crippen LogP contribution in [0.4, 0.5) is 0 Å². The molecule has 1 aromatic carbocycles. The van der Waals surface area contributed by atoms with E-state index in [0.29, 0.717) is 17.9 Å². The maximum atomic E-state index is 11.9. The fourth-order valence-electron chi connectivity index (χ4n) is 2.60. The Hall–Kier alpha value is -2.04. The molecule has 1 rings (SSSR count). The Labute approximate surface area is 125 Å². The summed E-state index contributed by atoms with van der Waals surface area (Å²) in [5, 5.41) is 9.70. The fourth-order valence-corrected chi connectivity index (χ4v) is 2.60. The number of carbonyl (C=O) groups excluding carboxylic acids is 1. The van der Waals surface area contributed by atoms with Gasteiger partial charge in [-0.3, -0.25) is 4.79 Å². The minimum Gasteiger partial charge on any atom is -0.494 e. The first-order chi connectivity index (χ1) is 9.75. The first kappa shape index (κ1) is 17.0. The van der Waals surface area contributed by atoms with Crippen LogP contribution in [0.15, 0.2) is 24.3 Å². The van der Waals surface area contributed by atoms with Crippen molar-refractivity contribution in [3.05, 3.63) is 29.8 Å². The lowest BCUT2D eigenvalue weighted by Crippen LogP contribution is -2.55. The highest BCUT2D eigenvalue weighted by atomic mass is 16.5.